The molecule has 1 aliphatic heterocycles. The first-order valence-corrected chi connectivity index (χ1v) is 6.85. The summed E-state index contributed by atoms with van der Waals surface area (Å²) in [7, 11) is 0. The molecule has 1 heterocycles. The maximum Gasteiger partial charge on any atom is 0.309 e. The van der Waals surface area contributed by atoms with Gasteiger partial charge in [0.2, 0.25) is 0 Å². The topological polar surface area (TPSA) is 46.5 Å². The quantitative estimate of drug-likeness (QED) is 0.915. The molecule has 21 heavy (non-hydrogen) atoms. The van der Waals surface area contributed by atoms with E-state index in [0.717, 1.165) is 5.56 Å². The molecule has 0 aliphatic carbocycles. The highest BCUT2D eigenvalue weighted by Crippen LogP contribution is 2.44. The first-order chi connectivity index (χ1) is 9.46. The molecule has 0 bridgehead atoms. The molecule has 0 unspecified atom stereocenters. The Labute approximate surface area is 122 Å². The number of hydrogen-bond acceptors (Lipinski definition) is 2. The van der Waals surface area contributed by atoms with Gasteiger partial charge in [0.25, 0.3) is 5.92 Å². The van der Waals surface area contributed by atoms with Crippen LogP contribution < -0.4 is 4.74 Å². The molecule has 0 aromatic heterocycles. The van der Waals surface area contributed by atoms with Crippen molar-refractivity contribution in [3.63, 3.8) is 0 Å². The fraction of sp³-hybridized carbons (Fsp3) is 0.562. The summed E-state index contributed by atoms with van der Waals surface area (Å²) in [4.78, 5) is 11.1. The summed E-state index contributed by atoms with van der Waals surface area (Å²) in [5.74, 6) is -3.81. The van der Waals surface area contributed by atoms with Gasteiger partial charge in [-0.3, -0.25) is 4.79 Å². The van der Waals surface area contributed by atoms with Crippen molar-refractivity contribution in [3.05, 3.63) is 29.3 Å². The fourth-order valence-corrected chi connectivity index (χ4v) is 2.48. The van der Waals surface area contributed by atoms with Gasteiger partial charge in [-0.15, -0.1) is 0 Å². The molecule has 0 radical (unpaired) electrons. The van der Waals surface area contributed by atoms with Crippen LogP contribution in [0.4, 0.5) is 8.78 Å². The molecule has 1 aromatic rings. The molecular formula is C16H20F2O3. The van der Waals surface area contributed by atoms with E-state index in [2.05, 4.69) is 0 Å². The number of aliphatic carboxylic acids is 1. The van der Waals surface area contributed by atoms with E-state index in [9.17, 15) is 13.6 Å². The second-order valence-electron chi connectivity index (χ2n) is 6.95. The third-order valence-electron chi connectivity index (χ3n) is 3.96. The lowest BCUT2D eigenvalue weighted by molar-refractivity contribution is -0.153. The number of ether oxygens (including phenoxy) is 1. The molecule has 0 atom stereocenters. The number of benzene rings is 1. The Balaban J connectivity index is 2.36. The number of carbonyl (C=O) groups is 1. The SMILES string of the molecule is CC(C)(CC(F)(F)c1ccc2c(c1)C(C)(C)CO2)C(=O)O. The molecule has 0 saturated carbocycles. The van der Waals surface area contributed by atoms with Gasteiger partial charge in [0.15, 0.2) is 0 Å². The predicted molar refractivity (Wildman–Crippen MR) is 74.9 cm³/mol. The minimum atomic E-state index is -3.20. The third-order valence-corrected chi connectivity index (χ3v) is 3.96. The Morgan fingerprint density at radius 2 is 2.00 bits per heavy atom. The molecule has 116 valence electrons. The highest BCUT2D eigenvalue weighted by Gasteiger charge is 2.43. The Morgan fingerprint density at radius 1 is 1.38 bits per heavy atom. The zero-order valence-electron chi connectivity index (χ0n) is 12.7. The van der Waals surface area contributed by atoms with Gasteiger partial charge in [-0.25, -0.2) is 8.78 Å². The van der Waals surface area contributed by atoms with Gasteiger partial charge in [-0.1, -0.05) is 13.8 Å². The Bertz CT molecular complexity index is 577. The van der Waals surface area contributed by atoms with Gasteiger partial charge >= 0.3 is 5.97 Å². The van der Waals surface area contributed by atoms with Crippen LogP contribution in [-0.2, 0) is 16.1 Å². The average molecular weight is 298 g/mol. The van der Waals surface area contributed by atoms with Crippen molar-refractivity contribution in [2.45, 2.75) is 45.5 Å². The van der Waals surface area contributed by atoms with Crippen molar-refractivity contribution in [1.82, 2.24) is 0 Å². The molecule has 2 rings (SSSR count). The third kappa shape index (κ3) is 2.87. The molecule has 1 aromatic carbocycles. The number of carboxylic acids is 1. The van der Waals surface area contributed by atoms with Crippen LogP contribution in [0, 0.1) is 5.41 Å². The van der Waals surface area contributed by atoms with Gasteiger partial charge in [0.1, 0.15) is 5.75 Å². The molecule has 0 spiro atoms. The van der Waals surface area contributed by atoms with Crippen LogP contribution in [0.5, 0.6) is 5.75 Å². The van der Waals surface area contributed by atoms with Crippen LogP contribution >= 0.6 is 0 Å². The van der Waals surface area contributed by atoms with E-state index in [1.54, 1.807) is 6.07 Å². The number of rotatable bonds is 4. The second-order valence-corrected chi connectivity index (χ2v) is 6.95. The lowest BCUT2D eigenvalue weighted by Crippen LogP contribution is -2.31. The summed E-state index contributed by atoms with van der Waals surface area (Å²) in [5.41, 5.74) is -1.22. The largest absolute Gasteiger partial charge is 0.492 e. The highest BCUT2D eigenvalue weighted by molar-refractivity contribution is 5.73. The normalized spacial score (nSPS) is 17.2. The van der Waals surface area contributed by atoms with Crippen molar-refractivity contribution in [2.24, 2.45) is 5.41 Å². The first-order valence-electron chi connectivity index (χ1n) is 6.85. The number of fused-ring (bicyclic) bond motifs is 1. The zero-order chi connectivity index (χ0) is 16.1. The molecule has 0 amide bonds. The summed E-state index contributed by atoms with van der Waals surface area (Å²) in [6.07, 6.45) is -0.741. The summed E-state index contributed by atoms with van der Waals surface area (Å²) in [6.45, 7) is 6.94. The van der Waals surface area contributed by atoms with Crippen molar-refractivity contribution in [1.29, 1.82) is 0 Å². The lowest BCUT2D eigenvalue weighted by Gasteiger charge is -2.27. The van der Waals surface area contributed by atoms with E-state index < -0.39 is 23.7 Å². The van der Waals surface area contributed by atoms with Crippen LogP contribution in [0.3, 0.4) is 0 Å². The van der Waals surface area contributed by atoms with E-state index >= 15 is 0 Å². The van der Waals surface area contributed by atoms with E-state index in [-0.39, 0.29) is 11.0 Å². The summed E-state index contributed by atoms with van der Waals surface area (Å²) < 4.78 is 34.3. The number of halogens is 2. The van der Waals surface area contributed by atoms with Gasteiger partial charge in [-0.05, 0) is 32.0 Å². The van der Waals surface area contributed by atoms with Crippen LogP contribution in [0.25, 0.3) is 0 Å². The monoisotopic (exact) mass is 298 g/mol. The van der Waals surface area contributed by atoms with Crippen molar-refractivity contribution < 1.29 is 23.4 Å². The van der Waals surface area contributed by atoms with E-state index in [4.69, 9.17) is 9.84 Å². The van der Waals surface area contributed by atoms with Crippen LogP contribution in [-0.4, -0.2) is 17.7 Å². The Kier molecular flexibility index (Phi) is 3.51. The molecule has 3 nitrogen and oxygen atoms in total. The Hall–Kier alpha value is -1.65. The van der Waals surface area contributed by atoms with E-state index in [1.807, 2.05) is 13.8 Å². The summed E-state index contributed by atoms with van der Waals surface area (Å²) in [5, 5.41) is 9.04. The average Bonchev–Trinajstić information content (AvgIpc) is 2.64. The van der Waals surface area contributed by atoms with Crippen molar-refractivity contribution in [3.8, 4) is 5.75 Å². The first kappa shape index (κ1) is 15.7. The molecule has 0 fully saturated rings. The summed E-state index contributed by atoms with van der Waals surface area (Å²) >= 11 is 0. The van der Waals surface area contributed by atoms with Gasteiger partial charge < -0.3 is 9.84 Å². The van der Waals surface area contributed by atoms with Crippen LogP contribution in [0.15, 0.2) is 18.2 Å². The molecule has 1 N–H and O–H groups in total. The van der Waals surface area contributed by atoms with E-state index in [0.29, 0.717) is 12.4 Å². The minimum absolute atomic E-state index is 0.158. The Morgan fingerprint density at radius 3 is 2.57 bits per heavy atom. The zero-order valence-corrected chi connectivity index (χ0v) is 12.7. The minimum Gasteiger partial charge on any atom is -0.492 e. The fourth-order valence-electron chi connectivity index (χ4n) is 2.48. The van der Waals surface area contributed by atoms with E-state index in [1.165, 1.54) is 26.0 Å². The predicted octanol–water partition coefficient (Wildman–Crippen LogP) is 3.95. The second kappa shape index (κ2) is 4.68. The van der Waals surface area contributed by atoms with Crippen molar-refractivity contribution in [2.75, 3.05) is 6.61 Å². The number of carboxylic acid groups (broad SMARTS) is 1. The molecule has 1 aliphatic rings. The van der Waals surface area contributed by atoms with Crippen LogP contribution in [0.2, 0.25) is 0 Å². The molecule has 5 heteroatoms. The highest BCUT2D eigenvalue weighted by atomic mass is 19.3. The smallest absolute Gasteiger partial charge is 0.309 e. The van der Waals surface area contributed by atoms with Gasteiger partial charge in [0.05, 0.1) is 12.0 Å². The summed E-state index contributed by atoms with van der Waals surface area (Å²) in [6, 6.07) is 4.31. The van der Waals surface area contributed by atoms with Crippen molar-refractivity contribution >= 4 is 5.97 Å². The standard InChI is InChI=1S/C16H20F2O3/c1-14(2,13(19)20)8-16(17,18)10-5-6-12-11(7-10)15(3,4)9-21-12/h5-7H,8-9H2,1-4H3,(H,19,20). The molecular weight excluding hydrogens is 278 g/mol. The molecule has 0 saturated heterocycles. The lowest BCUT2D eigenvalue weighted by atomic mass is 9.82. The van der Waals surface area contributed by atoms with Gasteiger partial charge in [-0.2, -0.15) is 0 Å². The number of alkyl halides is 2. The van der Waals surface area contributed by atoms with Crippen LogP contribution in [0.1, 0.15) is 45.2 Å². The van der Waals surface area contributed by atoms with Gasteiger partial charge in [0, 0.05) is 23.0 Å². The maximum atomic E-state index is 14.4. The number of hydrogen-bond donors (Lipinski definition) is 1. The maximum absolute atomic E-state index is 14.4.